The number of hydrogen-bond acceptors (Lipinski definition) is 3. The number of urea groups is 1. The molecule has 6 heteroatoms. The second-order valence-corrected chi connectivity index (χ2v) is 5.50. The van der Waals surface area contributed by atoms with Gasteiger partial charge in [0.15, 0.2) is 0 Å². The normalized spacial score (nSPS) is 26.7. The first-order valence-electron chi connectivity index (χ1n) is 6.89. The Bertz CT molecular complexity index is 342. The van der Waals surface area contributed by atoms with Gasteiger partial charge >= 0.3 is 12.0 Å². The molecule has 108 valence electrons. The van der Waals surface area contributed by atoms with Crippen molar-refractivity contribution in [2.45, 2.75) is 31.8 Å². The van der Waals surface area contributed by atoms with Crippen LogP contribution in [0.5, 0.6) is 0 Å². The minimum absolute atomic E-state index is 0.0108. The Labute approximate surface area is 113 Å². The van der Waals surface area contributed by atoms with Gasteiger partial charge in [0.05, 0.1) is 6.10 Å². The summed E-state index contributed by atoms with van der Waals surface area (Å²) in [4.78, 5) is 26.3. The molecule has 0 aromatic rings. The fraction of sp³-hybridized carbons (Fsp3) is 0.846. The number of carbonyl (C=O) groups excluding carboxylic acids is 1. The predicted molar refractivity (Wildman–Crippen MR) is 68.9 cm³/mol. The van der Waals surface area contributed by atoms with Crippen LogP contribution in [0.3, 0.4) is 0 Å². The maximum absolute atomic E-state index is 12.2. The first-order chi connectivity index (χ1) is 9.06. The lowest BCUT2D eigenvalue weighted by atomic mass is 10.1. The molecule has 2 heterocycles. The quantitative estimate of drug-likeness (QED) is 0.828. The zero-order valence-corrected chi connectivity index (χ0v) is 11.4. The van der Waals surface area contributed by atoms with Crippen LogP contribution in [0, 0.1) is 5.92 Å². The van der Waals surface area contributed by atoms with Crippen molar-refractivity contribution >= 4 is 12.0 Å². The molecule has 0 saturated carbocycles. The molecule has 2 rings (SSSR count). The van der Waals surface area contributed by atoms with E-state index in [1.54, 1.807) is 16.8 Å². The lowest BCUT2D eigenvalue weighted by Gasteiger charge is -2.26. The second-order valence-electron chi connectivity index (χ2n) is 5.50. The van der Waals surface area contributed by atoms with Gasteiger partial charge < -0.3 is 19.6 Å². The number of amides is 2. The van der Waals surface area contributed by atoms with Crippen LogP contribution in [0.2, 0.25) is 0 Å². The lowest BCUT2D eigenvalue weighted by molar-refractivity contribution is -0.138. The Balaban J connectivity index is 1.77. The molecule has 0 aromatic heterocycles. The molecular formula is C13H22N2O4. The molecule has 0 aliphatic carbocycles. The number of aliphatic carboxylic acids is 1. The van der Waals surface area contributed by atoms with Crippen LogP contribution >= 0.6 is 0 Å². The topological polar surface area (TPSA) is 70.1 Å². The Morgan fingerprint density at radius 2 is 2.21 bits per heavy atom. The molecule has 6 nitrogen and oxygen atoms in total. The Morgan fingerprint density at radius 1 is 1.42 bits per heavy atom. The fourth-order valence-electron chi connectivity index (χ4n) is 2.83. The van der Waals surface area contributed by atoms with Crippen LogP contribution in [0.15, 0.2) is 0 Å². The van der Waals surface area contributed by atoms with Crippen LogP contribution in [-0.4, -0.2) is 66.3 Å². The van der Waals surface area contributed by atoms with Crippen LogP contribution in [-0.2, 0) is 9.53 Å². The zero-order valence-electron chi connectivity index (χ0n) is 11.4. The van der Waals surface area contributed by atoms with Crippen molar-refractivity contribution in [2.75, 3.05) is 33.3 Å². The summed E-state index contributed by atoms with van der Waals surface area (Å²) in [5.41, 5.74) is 0. The number of ether oxygens (including phenoxy) is 1. The molecule has 0 spiro atoms. The molecule has 1 N–H and O–H groups in total. The number of hydrogen-bond donors (Lipinski definition) is 1. The Morgan fingerprint density at radius 3 is 2.84 bits per heavy atom. The van der Waals surface area contributed by atoms with Gasteiger partial charge in [0.2, 0.25) is 0 Å². The summed E-state index contributed by atoms with van der Waals surface area (Å²) >= 11 is 0. The number of likely N-dealkylation sites (N-methyl/N-ethyl adjacent to an activating group) is 1. The molecule has 2 unspecified atom stereocenters. The molecule has 2 amide bonds. The van der Waals surface area contributed by atoms with Crippen LogP contribution < -0.4 is 0 Å². The standard InChI is InChI=1S/C13H22N2O4/c1-14(9-11-3-2-6-19-11)13(18)15-5-4-10(8-15)7-12(16)17/h10-11H,2-9H2,1H3,(H,16,17). The third kappa shape index (κ3) is 3.83. The minimum Gasteiger partial charge on any atom is -0.481 e. The molecule has 2 atom stereocenters. The van der Waals surface area contributed by atoms with Crippen molar-refractivity contribution < 1.29 is 19.4 Å². The summed E-state index contributed by atoms with van der Waals surface area (Å²) in [6.07, 6.45) is 3.17. The zero-order chi connectivity index (χ0) is 13.8. The van der Waals surface area contributed by atoms with E-state index in [0.717, 1.165) is 25.9 Å². The van der Waals surface area contributed by atoms with Gasteiger partial charge in [-0.3, -0.25) is 4.79 Å². The van der Waals surface area contributed by atoms with E-state index in [-0.39, 0.29) is 24.5 Å². The fourth-order valence-corrected chi connectivity index (χ4v) is 2.83. The van der Waals surface area contributed by atoms with Gasteiger partial charge in [-0.1, -0.05) is 0 Å². The van der Waals surface area contributed by atoms with E-state index in [1.807, 2.05) is 0 Å². The maximum Gasteiger partial charge on any atom is 0.319 e. The molecule has 0 aromatic carbocycles. The monoisotopic (exact) mass is 270 g/mol. The average molecular weight is 270 g/mol. The van der Waals surface area contributed by atoms with Crippen LogP contribution in [0.4, 0.5) is 4.79 Å². The third-order valence-corrected chi connectivity index (χ3v) is 3.85. The van der Waals surface area contributed by atoms with E-state index in [2.05, 4.69) is 0 Å². The predicted octanol–water partition coefficient (Wildman–Crippen LogP) is 1.01. The van der Waals surface area contributed by atoms with E-state index < -0.39 is 5.97 Å². The van der Waals surface area contributed by atoms with Crippen molar-refractivity contribution in [1.82, 2.24) is 9.80 Å². The number of carboxylic acid groups (broad SMARTS) is 1. The van der Waals surface area contributed by atoms with Crippen molar-refractivity contribution in [3.63, 3.8) is 0 Å². The van der Waals surface area contributed by atoms with Gasteiger partial charge in [0.25, 0.3) is 0 Å². The van der Waals surface area contributed by atoms with E-state index in [4.69, 9.17) is 9.84 Å². The first kappa shape index (κ1) is 14.1. The highest BCUT2D eigenvalue weighted by molar-refractivity contribution is 5.74. The van der Waals surface area contributed by atoms with Crippen molar-refractivity contribution in [3.05, 3.63) is 0 Å². The lowest BCUT2D eigenvalue weighted by Crippen LogP contribution is -2.43. The summed E-state index contributed by atoms with van der Waals surface area (Å²) in [5.74, 6) is -0.690. The summed E-state index contributed by atoms with van der Waals surface area (Å²) in [6, 6.07) is -0.0108. The molecule has 2 fully saturated rings. The Kier molecular flexibility index (Phi) is 4.63. The highest BCUT2D eigenvalue weighted by Gasteiger charge is 2.30. The molecule has 2 aliphatic rings. The van der Waals surface area contributed by atoms with Crippen LogP contribution in [0.1, 0.15) is 25.7 Å². The van der Waals surface area contributed by atoms with Gasteiger partial charge in [-0.15, -0.1) is 0 Å². The molecule has 2 saturated heterocycles. The average Bonchev–Trinajstić information content (AvgIpc) is 2.98. The van der Waals surface area contributed by atoms with Crippen LogP contribution in [0.25, 0.3) is 0 Å². The molecule has 19 heavy (non-hydrogen) atoms. The van der Waals surface area contributed by atoms with Crippen molar-refractivity contribution in [2.24, 2.45) is 5.92 Å². The second kappa shape index (κ2) is 6.23. The maximum atomic E-state index is 12.2. The summed E-state index contributed by atoms with van der Waals surface area (Å²) in [7, 11) is 1.79. The number of likely N-dealkylation sites (tertiary alicyclic amines) is 1. The largest absolute Gasteiger partial charge is 0.481 e. The first-order valence-corrected chi connectivity index (χ1v) is 6.89. The number of nitrogens with zero attached hydrogens (tertiary/aromatic N) is 2. The number of rotatable bonds is 4. The van der Waals surface area contributed by atoms with Crippen molar-refractivity contribution in [3.8, 4) is 0 Å². The Hall–Kier alpha value is -1.30. The highest BCUT2D eigenvalue weighted by Crippen LogP contribution is 2.21. The van der Waals surface area contributed by atoms with Crippen molar-refractivity contribution in [1.29, 1.82) is 0 Å². The molecular weight excluding hydrogens is 248 g/mol. The smallest absolute Gasteiger partial charge is 0.319 e. The van der Waals surface area contributed by atoms with E-state index in [9.17, 15) is 9.59 Å². The van der Waals surface area contributed by atoms with E-state index in [1.165, 1.54) is 0 Å². The van der Waals surface area contributed by atoms with Gasteiger partial charge in [-0.25, -0.2) is 4.79 Å². The number of carboxylic acids is 1. The highest BCUT2D eigenvalue weighted by atomic mass is 16.5. The third-order valence-electron chi connectivity index (χ3n) is 3.85. The number of carbonyl (C=O) groups is 2. The van der Waals surface area contributed by atoms with Gasteiger partial charge in [0, 0.05) is 39.7 Å². The molecule has 0 bridgehead atoms. The van der Waals surface area contributed by atoms with E-state index >= 15 is 0 Å². The van der Waals surface area contributed by atoms with Gasteiger partial charge in [-0.2, -0.15) is 0 Å². The van der Waals surface area contributed by atoms with Gasteiger partial charge in [-0.05, 0) is 25.2 Å². The molecule has 0 radical (unpaired) electrons. The van der Waals surface area contributed by atoms with Gasteiger partial charge in [0.1, 0.15) is 0 Å². The molecule has 2 aliphatic heterocycles. The summed E-state index contributed by atoms with van der Waals surface area (Å²) in [5, 5.41) is 8.77. The summed E-state index contributed by atoms with van der Waals surface area (Å²) in [6.45, 7) is 2.63. The minimum atomic E-state index is -0.785. The van der Waals surface area contributed by atoms with E-state index in [0.29, 0.717) is 19.6 Å². The SMILES string of the molecule is CN(CC1CCCO1)C(=O)N1CCC(CC(=O)O)C1. The summed E-state index contributed by atoms with van der Waals surface area (Å²) < 4.78 is 5.52.